The van der Waals surface area contributed by atoms with Crippen LogP contribution in [0, 0.1) is 6.92 Å². The van der Waals surface area contributed by atoms with Gasteiger partial charge in [0.25, 0.3) is 0 Å². The molecule has 0 N–H and O–H groups in total. The quantitative estimate of drug-likeness (QED) is 0.591. The lowest BCUT2D eigenvalue weighted by molar-refractivity contribution is -0.000739. The molecular weight excluding hydrogens is 398 g/mol. The standard InChI is InChI=1S/C26H35N5O/c1-19-8-7-14-27-25(19)21-9-6-10-22(30(21)3)26-23(31-15-5-4-11-24(31)28-26)18-32-20-12-16-29(2)17-13-20/h4-5,7-8,11,14-15,20-22H,6,9-10,12-13,16-18H2,1-3H3/t21?,22-/m1/s1. The summed E-state index contributed by atoms with van der Waals surface area (Å²) in [7, 11) is 4.44. The van der Waals surface area contributed by atoms with Gasteiger partial charge in [-0.3, -0.25) is 9.88 Å². The summed E-state index contributed by atoms with van der Waals surface area (Å²) in [5.74, 6) is 0. The number of aryl methyl sites for hydroxylation is 1. The number of hydrogen-bond donors (Lipinski definition) is 0. The zero-order valence-corrected chi connectivity index (χ0v) is 19.6. The van der Waals surface area contributed by atoms with Gasteiger partial charge in [0.05, 0.1) is 41.9 Å². The lowest BCUT2D eigenvalue weighted by Gasteiger charge is -2.39. The first-order chi connectivity index (χ1) is 15.6. The van der Waals surface area contributed by atoms with Gasteiger partial charge in [0.15, 0.2) is 0 Å². The van der Waals surface area contributed by atoms with E-state index in [1.54, 1.807) is 0 Å². The molecule has 5 rings (SSSR count). The normalized spacial score (nSPS) is 23.7. The molecule has 3 aromatic rings. The largest absolute Gasteiger partial charge is 0.372 e. The van der Waals surface area contributed by atoms with Crippen LogP contribution in [0.1, 0.15) is 66.8 Å². The summed E-state index contributed by atoms with van der Waals surface area (Å²) < 4.78 is 8.69. The Morgan fingerprint density at radius 3 is 2.53 bits per heavy atom. The van der Waals surface area contributed by atoms with Crippen molar-refractivity contribution in [2.45, 2.75) is 63.8 Å². The molecular formula is C26H35N5O. The van der Waals surface area contributed by atoms with E-state index < -0.39 is 0 Å². The first-order valence-electron chi connectivity index (χ1n) is 12.0. The molecule has 0 amide bonds. The molecule has 2 aliphatic heterocycles. The maximum Gasteiger partial charge on any atom is 0.137 e. The highest BCUT2D eigenvalue weighted by molar-refractivity contribution is 5.44. The Morgan fingerprint density at radius 2 is 1.75 bits per heavy atom. The van der Waals surface area contributed by atoms with Crippen LogP contribution in [-0.2, 0) is 11.3 Å². The lowest BCUT2D eigenvalue weighted by atomic mass is 9.90. The van der Waals surface area contributed by atoms with Crippen LogP contribution >= 0.6 is 0 Å². The zero-order valence-electron chi connectivity index (χ0n) is 19.6. The molecule has 6 nitrogen and oxygen atoms in total. The maximum absolute atomic E-state index is 6.46. The molecule has 2 aliphatic rings. The smallest absolute Gasteiger partial charge is 0.137 e. The molecule has 1 unspecified atom stereocenters. The average Bonchev–Trinajstić information content (AvgIpc) is 3.18. The lowest BCUT2D eigenvalue weighted by Crippen LogP contribution is -2.35. The number of pyridine rings is 2. The van der Waals surface area contributed by atoms with Crippen LogP contribution in [0.3, 0.4) is 0 Å². The van der Waals surface area contributed by atoms with Gasteiger partial charge in [-0.15, -0.1) is 0 Å². The fourth-order valence-corrected chi connectivity index (χ4v) is 5.46. The van der Waals surface area contributed by atoms with E-state index in [-0.39, 0.29) is 6.04 Å². The first kappa shape index (κ1) is 21.6. The van der Waals surface area contributed by atoms with Crippen molar-refractivity contribution in [2.24, 2.45) is 0 Å². The zero-order chi connectivity index (χ0) is 22.1. The van der Waals surface area contributed by atoms with E-state index in [0.717, 1.165) is 44.4 Å². The van der Waals surface area contributed by atoms with Crippen LogP contribution in [0.2, 0.25) is 0 Å². The Kier molecular flexibility index (Phi) is 6.26. The third-order valence-electron chi connectivity index (χ3n) is 7.40. The number of rotatable bonds is 5. The minimum absolute atomic E-state index is 0.270. The summed E-state index contributed by atoms with van der Waals surface area (Å²) in [5.41, 5.74) is 5.85. The summed E-state index contributed by atoms with van der Waals surface area (Å²) in [6, 6.07) is 11.0. The molecule has 2 fully saturated rings. The van der Waals surface area contributed by atoms with Gasteiger partial charge in [0.2, 0.25) is 0 Å². The number of nitrogens with zero attached hydrogens (tertiary/aromatic N) is 5. The van der Waals surface area contributed by atoms with Crippen LogP contribution < -0.4 is 0 Å². The second-order valence-corrected chi connectivity index (χ2v) is 9.52. The molecule has 5 heterocycles. The van der Waals surface area contributed by atoms with Crippen molar-refractivity contribution in [3.63, 3.8) is 0 Å². The van der Waals surface area contributed by atoms with Crippen molar-refractivity contribution in [3.05, 3.63) is 65.4 Å². The summed E-state index contributed by atoms with van der Waals surface area (Å²) in [5, 5.41) is 0. The summed E-state index contributed by atoms with van der Waals surface area (Å²) in [6.45, 7) is 5.01. The SMILES string of the molecule is Cc1cccnc1C1CCC[C@H](c2nc3ccccn3c2COC2CCN(C)CC2)N1C. The van der Waals surface area contributed by atoms with Crippen LogP contribution in [0.15, 0.2) is 42.7 Å². The Balaban J connectivity index is 1.44. The van der Waals surface area contributed by atoms with Crippen molar-refractivity contribution < 1.29 is 4.74 Å². The molecule has 0 bridgehead atoms. The minimum Gasteiger partial charge on any atom is -0.372 e. The molecule has 6 heteroatoms. The number of likely N-dealkylation sites (tertiary alicyclic amines) is 2. The Morgan fingerprint density at radius 1 is 0.969 bits per heavy atom. The van der Waals surface area contributed by atoms with Gasteiger partial charge < -0.3 is 14.0 Å². The van der Waals surface area contributed by atoms with Crippen LogP contribution in [0.4, 0.5) is 0 Å². The summed E-state index contributed by atoms with van der Waals surface area (Å²) >= 11 is 0. The fraction of sp³-hybridized carbons (Fsp3) is 0.538. The number of fused-ring (bicyclic) bond motifs is 1. The number of hydrogen-bond acceptors (Lipinski definition) is 5. The fourth-order valence-electron chi connectivity index (χ4n) is 5.46. The number of ether oxygens (including phenoxy) is 1. The summed E-state index contributed by atoms with van der Waals surface area (Å²) in [4.78, 5) is 14.8. The molecule has 0 aliphatic carbocycles. The Labute approximate surface area is 191 Å². The predicted molar refractivity (Wildman–Crippen MR) is 127 cm³/mol. The van der Waals surface area contributed by atoms with E-state index in [0.29, 0.717) is 18.8 Å². The van der Waals surface area contributed by atoms with Crippen molar-refractivity contribution in [2.75, 3.05) is 27.2 Å². The molecule has 2 saturated heterocycles. The number of imidazole rings is 1. The Bertz CT molecular complexity index is 1060. The number of piperidine rings is 2. The van der Waals surface area contributed by atoms with Gasteiger partial charge in [0, 0.05) is 25.5 Å². The first-order valence-corrected chi connectivity index (χ1v) is 12.0. The highest BCUT2D eigenvalue weighted by atomic mass is 16.5. The van der Waals surface area contributed by atoms with Crippen LogP contribution in [0.25, 0.3) is 5.65 Å². The van der Waals surface area contributed by atoms with Crippen molar-refractivity contribution in [1.82, 2.24) is 24.2 Å². The third-order valence-corrected chi connectivity index (χ3v) is 7.40. The molecule has 0 spiro atoms. The summed E-state index contributed by atoms with van der Waals surface area (Å²) in [6.07, 6.45) is 10.0. The van der Waals surface area contributed by atoms with Gasteiger partial charge in [-0.25, -0.2) is 4.98 Å². The molecule has 0 aromatic carbocycles. The highest BCUT2D eigenvalue weighted by Gasteiger charge is 2.34. The molecule has 0 radical (unpaired) electrons. The second kappa shape index (κ2) is 9.30. The molecule has 3 aromatic heterocycles. The van der Waals surface area contributed by atoms with E-state index in [2.05, 4.69) is 65.7 Å². The van der Waals surface area contributed by atoms with Crippen LogP contribution in [-0.4, -0.2) is 57.5 Å². The average molecular weight is 434 g/mol. The molecule has 32 heavy (non-hydrogen) atoms. The topological polar surface area (TPSA) is 45.9 Å². The van der Waals surface area contributed by atoms with E-state index in [9.17, 15) is 0 Å². The van der Waals surface area contributed by atoms with Crippen LogP contribution in [0.5, 0.6) is 0 Å². The minimum atomic E-state index is 0.270. The van der Waals surface area contributed by atoms with E-state index in [1.807, 2.05) is 12.3 Å². The Hall–Kier alpha value is -2.28. The third kappa shape index (κ3) is 4.19. The number of aromatic nitrogens is 3. The van der Waals surface area contributed by atoms with E-state index in [1.165, 1.54) is 29.1 Å². The van der Waals surface area contributed by atoms with Crippen molar-refractivity contribution in [1.29, 1.82) is 0 Å². The molecule has 0 saturated carbocycles. The highest BCUT2D eigenvalue weighted by Crippen LogP contribution is 2.41. The monoisotopic (exact) mass is 433 g/mol. The molecule has 2 atom stereocenters. The predicted octanol–water partition coefficient (Wildman–Crippen LogP) is 4.55. The van der Waals surface area contributed by atoms with Gasteiger partial charge in [-0.05, 0) is 76.9 Å². The van der Waals surface area contributed by atoms with Gasteiger partial charge in [0.1, 0.15) is 5.65 Å². The van der Waals surface area contributed by atoms with Crippen molar-refractivity contribution in [3.8, 4) is 0 Å². The van der Waals surface area contributed by atoms with Crippen molar-refractivity contribution >= 4 is 5.65 Å². The van der Waals surface area contributed by atoms with Gasteiger partial charge in [-0.2, -0.15) is 0 Å². The van der Waals surface area contributed by atoms with E-state index >= 15 is 0 Å². The van der Waals surface area contributed by atoms with Gasteiger partial charge in [-0.1, -0.05) is 12.1 Å². The molecule has 170 valence electrons. The second-order valence-electron chi connectivity index (χ2n) is 9.52. The van der Waals surface area contributed by atoms with Gasteiger partial charge >= 0.3 is 0 Å². The maximum atomic E-state index is 6.46. The van der Waals surface area contributed by atoms with E-state index in [4.69, 9.17) is 14.7 Å².